The second-order valence-electron chi connectivity index (χ2n) is 4.32. The topological polar surface area (TPSA) is 69.6 Å². The molecule has 4 nitrogen and oxygen atoms in total. The van der Waals surface area contributed by atoms with Crippen molar-refractivity contribution in [3.8, 4) is 11.1 Å². The molecule has 0 heterocycles. The van der Waals surface area contributed by atoms with Crippen molar-refractivity contribution in [2.75, 3.05) is 0 Å². The van der Waals surface area contributed by atoms with Crippen LogP contribution in [-0.2, 0) is 13.2 Å². The lowest BCUT2D eigenvalue weighted by Gasteiger charge is -2.11. The van der Waals surface area contributed by atoms with Crippen LogP contribution in [0, 0.1) is 0 Å². The fraction of sp³-hybridized carbons (Fsp3) is 0.133. The summed E-state index contributed by atoms with van der Waals surface area (Å²) >= 11 is 5.96. The molecular formula is C15H14ClNO3. The zero-order chi connectivity index (χ0) is 14.5. The molecule has 2 aromatic rings. The number of carbonyl (C=O) groups is 1. The van der Waals surface area contributed by atoms with E-state index in [-0.39, 0.29) is 13.2 Å². The van der Waals surface area contributed by atoms with Crippen LogP contribution in [0.3, 0.4) is 0 Å². The predicted molar refractivity (Wildman–Crippen MR) is 77.7 cm³/mol. The van der Waals surface area contributed by atoms with Crippen LogP contribution in [-0.4, -0.2) is 16.3 Å². The van der Waals surface area contributed by atoms with Crippen molar-refractivity contribution >= 4 is 17.7 Å². The highest BCUT2D eigenvalue weighted by atomic mass is 35.5. The minimum absolute atomic E-state index is 0.0376. The molecule has 0 aliphatic carbocycles. The first-order valence-electron chi connectivity index (χ1n) is 6.05. The zero-order valence-corrected chi connectivity index (χ0v) is 11.4. The Morgan fingerprint density at radius 3 is 2.70 bits per heavy atom. The molecule has 2 aromatic carbocycles. The minimum atomic E-state index is -1.08. The summed E-state index contributed by atoms with van der Waals surface area (Å²) in [5, 5.41) is 20.8. The molecule has 0 spiro atoms. The van der Waals surface area contributed by atoms with Gasteiger partial charge in [-0.2, -0.15) is 0 Å². The predicted octanol–water partition coefficient (Wildman–Crippen LogP) is 3.27. The van der Waals surface area contributed by atoms with E-state index in [0.717, 1.165) is 22.3 Å². The molecule has 0 radical (unpaired) electrons. The van der Waals surface area contributed by atoms with Crippen LogP contribution in [0.25, 0.3) is 11.1 Å². The summed E-state index contributed by atoms with van der Waals surface area (Å²) in [4.78, 5) is 10.6. The van der Waals surface area contributed by atoms with Crippen molar-refractivity contribution in [2.24, 2.45) is 0 Å². The number of benzene rings is 2. The van der Waals surface area contributed by atoms with Gasteiger partial charge in [0.15, 0.2) is 0 Å². The lowest BCUT2D eigenvalue weighted by molar-refractivity contribution is 0.194. The van der Waals surface area contributed by atoms with Gasteiger partial charge in [0.1, 0.15) is 0 Å². The number of carboxylic acid groups (broad SMARTS) is 1. The molecular weight excluding hydrogens is 278 g/mol. The Bertz CT molecular complexity index is 628. The maximum atomic E-state index is 10.6. The first-order valence-corrected chi connectivity index (χ1v) is 6.43. The van der Waals surface area contributed by atoms with Gasteiger partial charge in [-0.15, -0.1) is 0 Å². The first-order chi connectivity index (χ1) is 9.60. The first kappa shape index (κ1) is 14.4. The number of amides is 1. The SMILES string of the molecule is O=C(O)NCc1cc(Cl)ccc1-c1cccc(CO)c1. The van der Waals surface area contributed by atoms with E-state index in [1.165, 1.54) is 0 Å². The van der Waals surface area contributed by atoms with E-state index in [1.807, 2.05) is 30.3 Å². The number of halogens is 1. The fourth-order valence-electron chi connectivity index (χ4n) is 2.00. The van der Waals surface area contributed by atoms with Gasteiger partial charge in [-0.05, 0) is 40.5 Å². The molecule has 20 heavy (non-hydrogen) atoms. The monoisotopic (exact) mass is 291 g/mol. The third kappa shape index (κ3) is 3.50. The summed E-state index contributed by atoms with van der Waals surface area (Å²) in [6.45, 7) is 0.138. The fourth-order valence-corrected chi connectivity index (χ4v) is 2.19. The van der Waals surface area contributed by atoms with Crippen LogP contribution in [0.2, 0.25) is 5.02 Å². The Morgan fingerprint density at radius 1 is 1.20 bits per heavy atom. The molecule has 0 saturated carbocycles. The molecule has 104 valence electrons. The summed E-state index contributed by atoms with van der Waals surface area (Å²) in [5.41, 5.74) is 3.39. The van der Waals surface area contributed by atoms with Crippen molar-refractivity contribution in [3.63, 3.8) is 0 Å². The van der Waals surface area contributed by atoms with Gasteiger partial charge in [-0.3, -0.25) is 0 Å². The summed E-state index contributed by atoms with van der Waals surface area (Å²) < 4.78 is 0. The van der Waals surface area contributed by atoms with Gasteiger partial charge in [0.25, 0.3) is 0 Å². The molecule has 0 aliphatic rings. The van der Waals surface area contributed by atoms with Crippen LogP contribution in [0.1, 0.15) is 11.1 Å². The second kappa shape index (κ2) is 6.41. The molecule has 1 amide bonds. The van der Waals surface area contributed by atoms with E-state index in [9.17, 15) is 9.90 Å². The summed E-state index contributed by atoms with van der Waals surface area (Å²) in [6, 6.07) is 12.8. The highest BCUT2D eigenvalue weighted by Gasteiger charge is 2.08. The number of nitrogens with one attached hydrogen (secondary N) is 1. The van der Waals surface area contributed by atoms with Crippen LogP contribution in [0.15, 0.2) is 42.5 Å². The Hall–Kier alpha value is -2.04. The molecule has 0 fully saturated rings. The van der Waals surface area contributed by atoms with Gasteiger partial charge < -0.3 is 15.5 Å². The van der Waals surface area contributed by atoms with E-state index in [0.29, 0.717) is 5.02 Å². The average molecular weight is 292 g/mol. The van der Waals surface area contributed by atoms with Gasteiger partial charge in [0, 0.05) is 11.6 Å². The summed E-state index contributed by atoms with van der Waals surface area (Å²) in [5.74, 6) is 0. The van der Waals surface area contributed by atoms with E-state index in [4.69, 9.17) is 16.7 Å². The zero-order valence-electron chi connectivity index (χ0n) is 10.6. The van der Waals surface area contributed by atoms with Gasteiger partial charge in [-0.25, -0.2) is 4.79 Å². The Morgan fingerprint density at radius 2 is 2.00 bits per heavy atom. The largest absolute Gasteiger partial charge is 0.465 e. The van der Waals surface area contributed by atoms with Gasteiger partial charge in [0.2, 0.25) is 0 Å². The van der Waals surface area contributed by atoms with Crippen molar-refractivity contribution in [3.05, 3.63) is 58.6 Å². The molecule has 0 aliphatic heterocycles. The standard InChI is InChI=1S/C15H14ClNO3/c16-13-4-5-14(12(7-13)8-17-15(19)20)11-3-1-2-10(6-11)9-18/h1-7,17-18H,8-9H2,(H,19,20). The lowest BCUT2D eigenvalue weighted by atomic mass is 9.98. The molecule has 0 unspecified atom stereocenters. The normalized spacial score (nSPS) is 10.3. The van der Waals surface area contributed by atoms with Crippen molar-refractivity contribution in [2.45, 2.75) is 13.2 Å². The molecule has 0 saturated heterocycles. The van der Waals surface area contributed by atoms with E-state index < -0.39 is 6.09 Å². The maximum absolute atomic E-state index is 10.6. The molecule has 2 rings (SSSR count). The Labute approximate surface area is 121 Å². The smallest absolute Gasteiger partial charge is 0.404 e. The van der Waals surface area contributed by atoms with Crippen molar-refractivity contribution in [1.29, 1.82) is 0 Å². The van der Waals surface area contributed by atoms with Gasteiger partial charge in [0.05, 0.1) is 6.61 Å². The highest BCUT2D eigenvalue weighted by molar-refractivity contribution is 6.30. The molecule has 0 bridgehead atoms. The number of aliphatic hydroxyl groups is 1. The van der Waals surface area contributed by atoms with Gasteiger partial charge in [-0.1, -0.05) is 35.9 Å². The third-order valence-electron chi connectivity index (χ3n) is 2.92. The van der Waals surface area contributed by atoms with Crippen LogP contribution in [0.4, 0.5) is 4.79 Å². The summed E-state index contributed by atoms with van der Waals surface area (Å²) in [7, 11) is 0. The number of hydrogen-bond acceptors (Lipinski definition) is 2. The average Bonchev–Trinajstić information content (AvgIpc) is 2.45. The van der Waals surface area contributed by atoms with E-state index in [2.05, 4.69) is 5.32 Å². The van der Waals surface area contributed by atoms with E-state index in [1.54, 1.807) is 12.1 Å². The quantitative estimate of drug-likeness (QED) is 0.810. The van der Waals surface area contributed by atoms with Crippen molar-refractivity contribution < 1.29 is 15.0 Å². The molecule has 0 aromatic heterocycles. The number of rotatable bonds is 4. The van der Waals surface area contributed by atoms with Crippen LogP contribution >= 0.6 is 11.6 Å². The summed E-state index contributed by atoms with van der Waals surface area (Å²) in [6.07, 6.45) is -1.08. The molecule has 0 atom stereocenters. The minimum Gasteiger partial charge on any atom is -0.465 e. The highest BCUT2D eigenvalue weighted by Crippen LogP contribution is 2.27. The maximum Gasteiger partial charge on any atom is 0.404 e. The molecule has 3 N–H and O–H groups in total. The van der Waals surface area contributed by atoms with Crippen molar-refractivity contribution in [1.82, 2.24) is 5.32 Å². The molecule has 5 heteroatoms. The second-order valence-corrected chi connectivity index (χ2v) is 4.76. The lowest BCUT2D eigenvalue weighted by Crippen LogP contribution is -2.20. The van der Waals surface area contributed by atoms with E-state index >= 15 is 0 Å². The Balaban J connectivity index is 2.41. The van der Waals surface area contributed by atoms with Crippen LogP contribution in [0.5, 0.6) is 0 Å². The third-order valence-corrected chi connectivity index (χ3v) is 3.15. The Kier molecular flexibility index (Phi) is 4.61. The number of hydrogen-bond donors (Lipinski definition) is 3. The number of aliphatic hydroxyl groups excluding tert-OH is 1. The van der Waals surface area contributed by atoms with Gasteiger partial charge >= 0.3 is 6.09 Å². The van der Waals surface area contributed by atoms with Crippen LogP contribution < -0.4 is 5.32 Å².